The van der Waals surface area contributed by atoms with Gasteiger partial charge in [-0.15, -0.1) is 0 Å². The molecule has 3 aromatic heterocycles. The van der Waals surface area contributed by atoms with Gasteiger partial charge in [-0.3, -0.25) is 4.57 Å². The van der Waals surface area contributed by atoms with Gasteiger partial charge in [0, 0.05) is 12.2 Å². The van der Waals surface area contributed by atoms with E-state index in [1.54, 1.807) is 15.3 Å². The van der Waals surface area contributed by atoms with Crippen molar-refractivity contribution in [3.63, 3.8) is 0 Å². The van der Waals surface area contributed by atoms with Crippen molar-refractivity contribution in [2.24, 2.45) is 0 Å². The van der Waals surface area contributed by atoms with Gasteiger partial charge >= 0.3 is 5.69 Å². The van der Waals surface area contributed by atoms with Crippen LogP contribution >= 0.6 is 0 Å². The van der Waals surface area contributed by atoms with Gasteiger partial charge in [-0.25, -0.2) is 14.3 Å². The summed E-state index contributed by atoms with van der Waals surface area (Å²) in [7, 11) is 0. The van der Waals surface area contributed by atoms with Crippen LogP contribution in [0.2, 0.25) is 0 Å². The van der Waals surface area contributed by atoms with E-state index in [0.717, 1.165) is 22.2 Å². The van der Waals surface area contributed by atoms with Crippen molar-refractivity contribution in [3.8, 4) is 17.4 Å². The summed E-state index contributed by atoms with van der Waals surface area (Å²) in [4.78, 5) is 25.0. The van der Waals surface area contributed by atoms with E-state index in [1.165, 1.54) is 0 Å². The molecule has 7 nitrogen and oxygen atoms in total. The Labute approximate surface area is 166 Å². The molecule has 0 bridgehead atoms. The number of nitrogens with zero attached hydrogens (tertiary/aromatic N) is 4. The monoisotopic (exact) mass is 385 g/mol. The van der Waals surface area contributed by atoms with Crippen LogP contribution in [0.25, 0.3) is 27.9 Å². The maximum absolute atomic E-state index is 13.0. The second-order valence-corrected chi connectivity index (χ2v) is 7.08. The number of aromatic amines is 1. The molecule has 1 N–H and O–H groups in total. The number of para-hydroxylation sites is 2. The summed E-state index contributed by atoms with van der Waals surface area (Å²) in [6, 6.07) is 19.3. The van der Waals surface area contributed by atoms with Gasteiger partial charge in [-0.2, -0.15) is 4.98 Å². The Morgan fingerprint density at radius 2 is 1.79 bits per heavy atom. The van der Waals surface area contributed by atoms with Crippen LogP contribution in [0.4, 0.5) is 0 Å². The van der Waals surface area contributed by atoms with Gasteiger partial charge in [0.05, 0.1) is 22.2 Å². The molecular weight excluding hydrogens is 366 g/mol. The van der Waals surface area contributed by atoms with Gasteiger partial charge in [0.25, 0.3) is 6.01 Å². The summed E-state index contributed by atoms with van der Waals surface area (Å²) in [5.74, 6) is 0.626. The third-order valence-electron chi connectivity index (χ3n) is 4.83. The van der Waals surface area contributed by atoms with Crippen molar-refractivity contribution < 1.29 is 4.74 Å². The summed E-state index contributed by atoms with van der Waals surface area (Å²) in [6.07, 6.45) is 1.70. The molecule has 0 saturated heterocycles. The van der Waals surface area contributed by atoms with Gasteiger partial charge < -0.3 is 9.72 Å². The normalized spacial score (nSPS) is 11.6. The van der Waals surface area contributed by atoms with Crippen LogP contribution in [0, 0.1) is 0 Å². The maximum Gasteiger partial charge on any atom is 0.335 e. The van der Waals surface area contributed by atoms with E-state index in [1.807, 2.05) is 74.5 Å². The number of pyridine rings is 1. The van der Waals surface area contributed by atoms with Crippen molar-refractivity contribution >= 4 is 22.2 Å². The smallest absolute Gasteiger partial charge is 0.335 e. The summed E-state index contributed by atoms with van der Waals surface area (Å²) < 4.78 is 9.22. The molecule has 0 aliphatic carbocycles. The predicted octanol–water partition coefficient (Wildman–Crippen LogP) is 4.44. The summed E-state index contributed by atoms with van der Waals surface area (Å²) in [5.41, 5.74) is 3.83. The first-order valence-corrected chi connectivity index (χ1v) is 9.43. The zero-order valence-corrected chi connectivity index (χ0v) is 16.0. The highest BCUT2D eigenvalue weighted by atomic mass is 16.5. The third kappa shape index (κ3) is 2.87. The zero-order chi connectivity index (χ0) is 20.0. The molecule has 5 rings (SSSR count). The molecular formula is C22H19N5O2. The van der Waals surface area contributed by atoms with Crippen LogP contribution in [0.5, 0.6) is 11.8 Å². The molecule has 0 radical (unpaired) electrons. The lowest BCUT2D eigenvalue weighted by Gasteiger charge is -2.06. The zero-order valence-electron chi connectivity index (χ0n) is 16.0. The van der Waals surface area contributed by atoms with Crippen molar-refractivity contribution in [3.05, 3.63) is 77.3 Å². The molecule has 0 unspecified atom stereocenters. The highest BCUT2D eigenvalue weighted by molar-refractivity contribution is 5.75. The molecule has 5 aromatic rings. The van der Waals surface area contributed by atoms with Gasteiger partial charge in [0.2, 0.25) is 0 Å². The van der Waals surface area contributed by atoms with E-state index in [-0.39, 0.29) is 11.7 Å². The fourth-order valence-electron chi connectivity index (χ4n) is 3.53. The number of rotatable bonds is 4. The number of imidazole rings is 2. The predicted molar refractivity (Wildman–Crippen MR) is 112 cm³/mol. The van der Waals surface area contributed by atoms with E-state index in [9.17, 15) is 4.79 Å². The van der Waals surface area contributed by atoms with Gasteiger partial charge in [0.15, 0.2) is 5.65 Å². The summed E-state index contributed by atoms with van der Waals surface area (Å²) in [6.45, 7) is 3.98. The van der Waals surface area contributed by atoms with E-state index in [0.29, 0.717) is 17.4 Å². The standard InChI is InChI=1S/C22H19N5O2/c1-14(2)26-19-8-5-13-23-20(19)27(22(26)28)15-9-11-16(12-10-15)29-21-24-17-6-3-4-7-18(17)25-21/h3-14H,1-2H3,(H,24,25). The molecule has 0 spiro atoms. The molecule has 3 heterocycles. The lowest BCUT2D eigenvalue weighted by atomic mass is 10.3. The number of fused-ring (bicyclic) bond motifs is 2. The van der Waals surface area contributed by atoms with Crippen molar-refractivity contribution in [1.82, 2.24) is 24.1 Å². The number of H-pyrrole nitrogens is 1. The molecule has 0 saturated carbocycles. The Morgan fingerprint density at radius 1 is 1.00 bits per heavy atom. The lowest BCUT2D eigenvalue weighted by molar-refractivity contribution is 0.449. The number of aromatic nitrogens is 5. The van der Waals surface area contributed by atoms with Crippen LogP contribution in [0.3, 0.4) is 0 Å². The van der Waals surface area contributed by atoms with Crippen LogP contribution < -0.4 is 10.4 Å². The minimum atomic E-state index is -0.111. The van der Waals surface area contributed by atoms with Crippen molar-refractivity contribution in [1.29, 1.82) is 0 Å². The summed E-state index contributed by atoms with van der Waals surface area (Å²) >= 11 is 0. The SMILES string of the molecule is CC(C)n1c(=O)n(-c2ccc(Oc3nc4ccccc4[nH]3)cc2)c2ncccc21. The van der Waals surface area contributed by atoms with E-state index in [4.69, 9.17) is 4.74 Å². The van der Waals surface area contributed by atoms with E-state index in [2.05, 4.69) is 15.0 Å². The molecule has 29 heavy (non-hydrogen) atoms. The largest absolute Gasteiger partial charge is 0.426 e. The molecule has 7 heteroatoms. The first-order valence-electron chi connectivity index (χ1n) is 9.43. The Balaban J connectivity index is 1.52. The van der Waals surface area contributed by atoms with Crippen molar-refractivity contribution in [2.75, 3.05) is 0 Å². The molecule has 144 valence electrons. The third-order valence-corrected chi connectivity index (χ3v) is 4.83. The van der Waals surface area contributed by atoms with Gasteiger partial charge in [-0.1, -0.05) is 12.1 Å². The van der Waals surface area contributed by atoms with Gasteiger partial charge in [-0.05, 0) is 62.4 Å². The lowest BCUT2D eigenvalue weighted by Crippen LogP contribution is -2.24. The number of ether oxygens (including phenoxy) is 1. The van der Waals surface area contributed by atoms with Gasteiger partial charge in [0.1, 0.15) is 5.75 Å². The average molecular weight is 385 g/mol. The second-order valence-electron chi connectivity index (χ2n) is 7.08. The summed E-state index contributed by atoms with van der Waals surface area (Å²) in [5, 5.41) is 0. The number of hydrogen-bond acceptors (Lipinski definition) is 4. The minimum absolute atomic E-state index is 0.0335. The molecule has 0 atom stereocenters. The van der Waals surface area contributed by atoms with E-state index < -0.39 is 0 Å². The molecule has 0 fully saturated rings. The topological polar surface area (TPSA) is 77.7 Å². The highest BCUT2D eigenvalue weighted by Crippen LogP contribution is 2.24. The quantitative estimate of drug-likeness (QED) is 0.496. The Kier molecular flexibility index (Phi) is 3.94. The number of benzene rings is 2. The molecule has 0 amide bonds. The van der Waals surface area contributed by atoms with Crippen LogP contribution in [-0.2, 0) is 0 Å². The molecule has 0 aliphatic rings. The van der Waals surface area contributed by atoms with Crippen LogP contribution in [0.1, 0.15) is 19.9 Å². The Hall–Kier alpha value is -3.87. The fraction of sp³-hybridized carbons (Fsp3) is 0.136. The van der Waals surface area contributed by atoms with Crippen molar-refractivity contribution in [2.45, 2.75) is 19.9 Å². The molecule has 0 aliphatic heterocycles. The number of hydrogen-bond donors (Lipinski definition) is 1. The first-order chi connectivity index (χ1) is 14.1. The maximum atomic E-state index is 13.0. The van der Waals surface area contributed by atoms with Crippen LogP contribution in [-0.4, -0.2) is 24.1 Å². The number of nitrogens with one attached hydrogen (secondary N) is 1. The highest BCUT2D eigenvalue weighted by Gasteiger charge is 2.17. The Morgan fingerprint density at radius 3 is 2.55 bits per heavy atom. The fourth-order valence-corrected chi connectivity index (χ4v) is 3.53. The Bertz CT molecular complexity index is 1340. The molecule has 2 aromatic carbocycles. The minimum Gasteiger partial charge on any atom is -0.426 e. The van der Waals surface area contributed by atoms with E-state index >= 15 is 0 Å². The second kappa shape index (κ2) is 6.63. The average Bonchev–Trinajstić information content (AvgIpc) is 3.26. The van der Waals surface area contributed by atoms with Crippen LogP contribution in [0.15, 0.2) is 71.7 Å². The first kappa shape index (κ1) is 17.2.